The van der Waals surface area contributed by atoms with Gasteiger partial charge in [0.25, 0.3) is 0 Å². The van der Waals surface area contributed by atoms with E-state index in [9.17, 15) is 13.2 Å². The van der Waals surface area contributed by atoms with E-state index < -0.39 is 11.7 Å². The highest BCUT2D eigenvalue weighted by Crippen LogP contribution is 2.64. The normalized spacial score (nSPS) is 32.0. The van der Waals surface area contributed by atoms with E-state index in [0.29, 0.717) is 17.7 Å². The molecule has 0 N–H and O–H groups in total. The first-order chi connectivity index (χ1) is 14.7. The van der Waals surface area contributed by atoms with Gasteiger partial charge in [0.15, 0.2) is 0 Å². The lowest BCUT2D eigenvalue weighted by molar-refractivity contribution is -0.137. The first kappa shape index (κ1) is 19.3. The fourth-order valence-electron chi connectivity index (χ4n) is 6.59. The molecule has 0 saturated heterocycles. The summed E-state index contributed by atoms with van der Waals surface area (Å²) in [6.07, 6.45) is 3.14. The van der Waals surface area contributed by atoms with Crippen molar-refractivity contribution in [2.24, 2.45) is 11.8 Å². The van der Waals surface area contributed by atoms with Gasteiger partial charge in [-0.15, -0.1) is 15.3 Å². The fourth-order valence-corrected chi connectivity index (χ4v) is 6.71. The number of aromatic nitrogens is 5. The lowest BCUT2D eigenvalue weighted by Gasteiger charge is -2.60. The Morgan fingerprint density at radius 2 is 1.87 bits per heavy atom. The van der Waals surface area contributed by atoms with Crippen molar-refractivity contribution in [3.8, 4) is 11.5 Å². The molecule has 0 radical (unpaired) electrons. The van der Waals surface area contributed by atoms with E-state index in [-0.39, 0.29) is 27.7 Å². The van der Waals surface area contributed by atoms with Crippen LogP contribution < -0.4 is 0 Å². The van der Waals surface area contributed by atoms with Gasteiger partial charge >= 0.3 is 6.18 Å². The second-order valence-corrected chi connectivity index (χ2v) is 9.75. The maximum atomic E-state index is 13.1. The highest BCUT2D eigenvalue weighted by molar-refractivity contribution is 6.28. The zero-order chi connectivity index (χ0) is 21.4. The molecule has 2 atom stereocenters. The Labute approximate surface area is 180 Å². The lowest BCUT2D eigenvalue weighted by atomic mass is 9.47. The lowest BCUT2D eigenvalue weighted by Crippen LogP contribution is -2.58. The first-order valence-corrected chi connectivity index (χ1v) is 10.7. The number of hydrogen-bond acceptors (Lipinski definition) is 5. The summed E-state index contributed by atoms with van der Waals surface area (Å²) in [6, 6.07) is 5.00. The van der Waals surface area contributed by atoms with Gasteiger partial charge in [-0.1, -0.05) is 6.07 Å². The van der Waals surface area contributed by atoms with Crippen LogP contribution in [-0.4, -0.2) is 25.0 Å². The average molecular weight is 450 g/mol. The van der Waals surface area contributed by atoms with Gasteiger partial charge in [-0.25, -0.2) is 9.67 Å². The molecule has 4 aliphatic carbocycles. The maximum absolute atomic E-state index is 13.1. The number of alkyl halides is 3. The third kappa shape index (κ3) is 3.00. The Morgan fingerprint density at radius 3 is 2.55 bits per heavy atom. The van der Waals surface area contributed by atoms with Crippen LogP contribution in [0.2, 0.25) is 5.28 Å². The number of benzene rings is 1. The van der Waals surface area contributed by atoms with E-state index in [0.717, 1.165) is 44.2 Å². The number of nitrogens with zero attached hydrogens (tertiary/aromatic N) is 5. The van der Waals surface area contributed by atoms with E-state index in [1.807, 2.05) is 4.68 Å². The zero-order valence-corrected chi connectivity index (χ0v) is 17.2. The summed E-state index contributed by atoms with van der Waals surface area (Å²) < 4.78 is 47.3. The molecule has 4 saturated carbocycles. The quantitative estimate of drug-likeness (QED) is 0.546. The van der Waals surface area contributed by atoms with Crippen molar-refractivity contribution in [3.05, 3.63) is 47.3 Å². The van der Waals surface area contributed by atoms with Gasteiger partial charge in [0.2, 0.25) is 17.1 Å². The highest BCUT2D eigenvalue weighted by atomic mass is 35.5. The third-order valence-electron chi connectivity index (χ3n) is 7.30. The molecule has 162 valence electrons. The predicted octanol–water partition coefficient (Wildman–Crippen LogP) is 5.25. The van der Waals surface area contributed by atoms with Gasteiger partial charge in [-0.05, 0) is 80.2 Å². The summed E-state index contributed by atoms with van der Waals surface area (Å²) in [4.78, 5) is 4.12. The minimum atomic E-state index is -4.43. The molecule has 6 nitrogen and oxygen atoms in total. The zero-order valence-electron chi connectivity index (χ0n) is 16.4. The largest absolute Gasteiger partial charge is 0.420 e. The SMILES string of the molecule is FC(F)(F)c1cccc(-c2nnc(C34C[C@H]5C[C@H](C3)CC(n3cnc(Cl)n3)(C5)C4)o2)c1. The molecule has 0 aliphatic heterocycles. The van der Waals surface area contributed by atoms with Crippen molar-refractivity contribution in [3.63, 3.8) is 0 Å². The minimum Gasteiger partial charge on any atom is -0.420 e. The third-order valence-corrected chi connectivity index (χ3v) is 7.47. The molecular formula is C21H19ClF3N5O. The minimum absolute atomic E-state index is 0.120. The van der Waals surface area contributed by atoms with Crippen molar-refractivity contribution in [2.45, 2.75) is 55.7 Å². The van der Waals surface area contributed by atoms with Gasteiger partial charge in [-0.3, -0.25) is 0 Å². The van der Waals surface area contributed by atoms with E-state index in [1.54, 1.807) is 12.4 Å². The Kier molecular flexibility index (Phi) is 3.92. The fraction of sp³-hybridized carbons (Fsp3) is 0.524. The standard InChI is InChI=1S/C21H19ClF3N5O/c22-18-26-11-30(29-18)20-8-12-4-13(9-20)7-19(6-12,10-20)17-28-27-16(31-17)14-2-1-3-15(5-14)21(23,24)25/h1-3,5,11-13H,4,6-10H2/t12-,13-,19?,20?/m1/s1. The predicted molar refractivity (Wildman–Crippen MR) is 104 cm³/mol. The van der Waals surface area contributed by atoms with Crippen molar-refractivity contribution in [1.82, 2.24) is 25.0 Å². The van der Waals surface area contributed by atoms with Gasteiger partial charge in [0.05, 0.1) is 16.5 Å². The Balaban J connectivity index is 1.37. The van der Waals surface area contributed by atoms with Crippen LogP contribution in [0.5, 0.6) is 0 Å². The summed E-state index contributed by atoms with van der Waals surface area (Å²) in [5.41, 5.74) is -0.942. The molecule has 31 heavy (non-hydrogen) atoms. The van der Waals surface area contributed by atoms with Crippen LogP contribution in [-0.2, 0) is 17.1 Å². The molecule has 2 aromatic heterocycles. The molecule has 4 fully saturated rings. The molecule has 0 spiro atoms. The number of halogens is 4. The van der Waals surface area contributed by atoms with E-state index in [1.165, 1.54) is 12.5 Å². The number of rotatable bonds is 3. The number of hydrogen-bond donors (Lipinski definition) is 0. The van der Waals surface area contributed by atoms with E-state index >= 15 is 0 Å². The van der Waals surface area contributed by atoms with Crippen molar-refractivity contribution >= 4 is 11.6 Å². The van der Waals surface area contributed by atoms with E-state index in [2.05, 4.69) is 20.3 Å². The van der Waals surface area contributed by atoms with Crippen LogP contribution in [0, 0.1) is 11.8 Å². The Morgan fingerprint density at radius 1 is 1.10 bits per heavy atom. The molecule has 0 unspecified atom stereocenters. The van der Waals surface area contributed by atoms with Crippen LogP contribution >= 0.6 is 11.6 Å². The van der Waals surface area contributed by atoms with Crippen LogP contribution in [0.1, 0.15) is 50.0 Å². The topological polar surface area (TPSA) is 69.6 Å². The van der Waals surface area contributed by atoms with Gasteiger partial charge in [0.1, 0.15) is 6.33 Å². The summed E-state index contributed by atoms with van der Waals surface area (Å²) in [5.74, 6) is 1.65. The second-order valence-electron chi connectivity index (χ2n) is 9.41. The molecule has 0 amide bonds. The summed E-state index contributed by atoms with van der Waals surface area (Å²) in [5, 5.41) is 13.1. The maximum Gasteiger partial charge on any atom is 0.416 e. The molecule has 3 aromatic rings. The molecule has 2 heterocycles. The van der Waals surface area contributed by atoms with Crippen molar-refractivity contribution in [2.75, 3.05) is 0 Å². The monoisotopic (exact) mass is 449 g/mol. The molecule has 10 heteroatoms. The highest BCUT2D eigenvalue weighted by Gasteiger charge is 2.61. The summed E-state index contributed by atoms with van der Waals surface area (Å²) in [7, 11) is 0. The first-order valence-electron chi connectivity index (χ1n) is 10.3. The molecular weight excluding hydrogens is 431 g/mol. The van der Waals surface area contributed by atoms with Crippen LogP contribution in [0.4, 0.5) is 13.2 Å². The molecule has 4 aliphatic rings. The van der Waals surface area contributed by atoms with Gasteiger partial charge < -0.3 is 4.42 Å². The van der Waals surface area contributed by atoms with Crippen molar-refractivity contribution in [1.29, 1.82) is 0 Å². The Hall–Kier alpha value is -2.42. The van der Waals surface area contributed by atoms with E-state index in [4.69, 9.17) is 16.0 Å². The summed E-state index contributed by atoms with van der Waals surface area (Å²) >= 11 is 6.00. The van der Waals surface area contributed by atoms with Crippen LogP contribution in [0.25, 0.3) is 11.5 Å². The average Bonchev–Trinajstić information content (AvgIpc) is 3.37. The van der Waals surface area contributed by atoms with Gasteiger partial charge in [-0.2, -0.15) is 13.2 Å². The van der Waals surface area contributed by atoms with Crippen molar-refractivity contribution < 1.29 is 17.6 Å². The van der Waals surface area contributed by atoms with Crippen LogP contribution in [0.3, 0.4) is 0 Å². The smallest absolute Gasteiger partial charge is 0.416 e. The summed E-state index contributed by atoms with van der Waals surface area (Å²) in [6.45, 7) is 0. The van der Waals surface area contributed by atoms with Gasteiger partial charge in [0, 0.05) is 5.56 Å². The Bertz CT molecular complexity index is 1140. The molecule has 7 rings (SSSR count). The second kappa shape index (κ2) is 6.31. The molecule has 1 aromatic carbocycles. The van der Waals surface area contributed by atoms with Crippen LogP contribution in [0.15, 0.2) is 35.0 Å². The molecule has 4 bridgehead atoms.